The maximum absolute atomic E-state index is 4.73. The van der Waals surface area contributed by atoms with E-state index in [1.54, 1.807) is 11.3 Å². The fourth-order valence-electron chi connectivity index (χ4n) is 2.71. The minimum Gasteiger partial charge on any atom is -0.313 e. The van der Waals surface area contributed by atoms with Gasteiger partial charge < -0.3 is 5.32 Å². The minimum atomic E-state index is 0.597. The Balaban J connectivity index is 1.70. The molecule has 5 heteroatoms. The second-order valence-electron chi connectivity index (χ2n) is 5.21. The number of hydrogen-bond acceptors (Lipinski definition) is 4. The summed E-state index contributed by atoms with van der Waals surface area (Å²) in [6.45, 7) is 3.36. The van der Waals surface area contributed by atoms with Gasteiger partial charge in [-0.2, -0.15) is 11.8 Å². The third-order valence-electron chi connectivity index (χ3n) is 3.76. The van der Waals surface area contributed by atoms with E-state index in [0.717, 1.165) is 23.8 Å². The lowest BCUT2D eigenvalue weighted by atomic mass is 9.95. The van der Waals surface area contributed by atoms with E-state index in [0.29, 0.717) is 6.04 Å². The standard InChI is InChI=1S/C14H21N3S2/c1-2-4-15-13(11-3-6-18-10-11)8-12-9-17-5-7-19-14(17)16-12/h5,7,9,11,13,15H,2-4,6,8,10H2,1H3. The van der Waals surface area contributed by atoms with Crippen molar-refractivity contribution in [2.45, 2.75) is 32.2 Å². The summed E-state index contributed by atoms with van der Waals surface area (Å²) in [6.07, 6.45) is 7.91. The maximum atomic E-state index is 4.73. The van der Waals surface area contributed by atoms with Gasteiger partial charge in [-0.3, -0.25) is 4.40 Å². The fraction of sp³-hybridized carbons (Fsp3) is 0.643. The molecule has 1 aliphatic heterocycles. The summed E-state index contributed by atoms with van der Waals surface area (Å²) in [7, 11) is 0. The van der Waals surface area contributed by atoms with Gasteiger partial charge in [0.2, 0.25) is 0 Å². The number of nitrogens with zero attached hydrogens (tertiary/aromatic N) is 2. The van der Waals surface area contributed by atoms with Gasteiger partial charge in [0.05, 0.1) is 5.69 Å². The molecule has 1 fully saturated rings. The van der Waals surface area contributed by atoms with Crippen LogP contribution in [0, 0.1) is 5.92 Å². The van der Waals surface area contributed by atoms with E-state index in [4.69, 9.17) is 4.98 Å². The van der Waals surface area contributed by atoms with Gasteiger partial charge in [-0.05, 0) is 36.8 Å². The minimum absolute atomic E-state index is 0.597. The first-order valence-electron chi connectivity index (χ1n) is 7.09. The van der Waals surface area contributed by atoms with Crippen LogP contribution in [0.1, 0.15) is 25.5 Å². The molecule has 2 aromatic heterocycles. The zero-order valence-corrected chi connectivity index (χ0v) is 13.0. The topological polar surface area (TPSA) is 29.3 Å². The van der Waals surface area contributed by atoms with Crippen LogP contribution in [-0.4, -0.2) is 33.5 Å². The molecule has 0 amide bonds. The Morgan fingerprint density at radius 3 is 3.26 bits per heavy atom. The van der Waals surface area contributed by atoms with Crippen LogP contribution in [-0.2, 0) is 6.42 Å². The number of aromatic nitrogens is 2. The lowest BCUT2D eigenvalue weighted by molar-refractivity contribution is 0.378. The first kappa shape index (κ1) is 13.5. The maximum Gasteiger partial charge on any atom is 0.193 e. The number of hydrogen-bond donors (Lipinski definition) is 1. The number of rotatable bonds is 6. The van der Waals surface area contributed by atoms with Crippen LogP contribution in [0.25, 0.3) is 4.96 Å². The number of imidazole rings is 1. The Morgan fingerprint density at radius 1 is 1.58 bits per heavy atom. The fourth-order valence-corrected chi connectivity index (χ4v) is 4.76. The van der Waals surface area contributed by atoms with Crippen molar-refractivity contribution in [2.24, 2.45) is 5.92 Å². The van der Waals surface area contributed by atoms with E-state index in [2.05, 4.69) is 46.2 Å². The zero-order valence-electron chi connectivity index (χ0n) is 11.3. The summed E-state index contributed by atoms with van der Waals surface area (Å²) < 4.78 is 2.14. The summed E-state index contributed by atoms with van der Waals surface area (Å²) >= 11 is 3.81. The van der Waals surface area contributed by atoms with Crippen LogP contribution in [0.2, 0.25) is 0 Å². The van der Waals surface area contributed by atoms with Crippen molar-refractivity contribution in [1.82, 2.24) is 14.7 Å². The van der Waals surface area contributed by atoms with Gasteiger partial charge >= 0.3 is 0 Å². The van der Waals surface area contributed by atoms with Crippen molar-refractivity contribution in [2.75, 3.05) is 18.1 Å². The second kappa shape index (κ2) is 6.29. The second-order valence-corrected chi connectivity index (χ2v) is 7.24. The molecule has 3 rings (SSSR count). The molecule has 3 nitrogen and oxygen atoms in total. The third kappa shape index (κ3) is 3.15. The van der Waals surface area contributed by atoms with Crippen LogP contribution in [0.15, 0.2) is 17.8 Å². The smallest absolute Gasteiger partial charge is 0.193 e. The number of thioether (sulfide) groups is 1. The van der Waals surface area contributed by atoms with Crippen LogP contribution >= 0.6 is 23.1 Å². The van der Waals surface area contributed by atoms with Crippen LogP contribution in [0.3, 0.4) is 0 Å². The molecule has 2 atom stereocenters. The number of thiazole rings is 1. The van der Waals surface area contributed by atoms with Gasteiger partial charge in [0.25, 0.3) is 0 Å². The predicted molar refractivity (Wildman–Crippen MR) is 84.3 cm³/mol. The third-order valence-corrected chi connectivity index (χ3v) is 5.72. The van der Waals surface area contributed by atoms with E-state index in [9.17, 15) is 0 Å². The quantitative estimate of drug-likeness (QED) is 0.888. The average molecular weight is 295 g/mol. The molecule has 0 bridgehead atoms. The lowest BCUT2D eigenvalue weighted by Crippen LogP contribution is -2.38. The van der Waals surface area contributed by atoms with E-state index < -0.39 is 0 Å². The van der Waals surface area contributed by atoms with E-state index in [1.165, 1.54) is 30.0 Å². The Kier molecular flexibility index (Phi) is 4.45. The SMILES string of the molecule is CCCNC(Cc1cn2ccsc2n1)C1CCSC1. The highest BCUT2D eigenvalue weighted by molar-refractivity contribution is 7.99. The van der Waals surface area contributed by atoms with Crippen LogP contribution in [0.5, 0.6) is 0 Å². The first-order chi connectivity index (χ1) is 9.36. The molecule has 0 aromatic carbocycles. The molecule has 1 saturated heterocycles. The highest BCUT2D eigenvalue weighted by Gasteiger charge is 2.25. The van der Waals surface area contributed by atoms with Gasteiger partial charge in [-0.25, -0.2) is 4.98 Å². The van der Waals surface area contributed by atoms with Crippen molar-refractivity contribution in [3.8, 4) is 0 Å². The van der Waals surface area contributed by atoms with Crippen LogP contribution in [0.4, 0.5) is 0 Å². The molecule has 0 aliphatic carbocycles. The molecule has 0 radical (unpaired) electrons. The molecule has 0 spiro atoms. The van der Waals surface area contributed by atoms with Crippen molar-refractivity contribution in [1.29, 1.82) is 0 Å². The monoisotopic (exact) mass is 295 g/mol. The summed E-state index contributed by atoms with van der Waals surface area (Å²) in [5.41, 5.74) is 1.23. The molecule has 2 unspecified atom stereocenters. The number of nitrogens with one attached hydrogen (secondary N) is 1. The lowest BCUT2D eigenvalue weighted by Gasteiger charge is -2.23. The molecular formula is C14H21N3S2. The molecule has 1 N–H and O–H groups in total. The normalized spacial score (nSPS) is 21.2. The van der Waals surface area contributed by atoms with E-state index in [-0.39, 0.29) is 0 Å². The molecule has 104 valence electrons. The highest BCUT2D eigenvalue weighted by Crippen LogP contribution is 2.28. The van der Waals surface area contributed by atoms with Gasteiger partial charge in [0.15, 0.2) is 4.96 Å². The summed E-state index contributed by atoms with van der Waals surface area (Å²) in [5.74, 6) is 3.45. The van der Waals surface area contributed by atoms with Crippen LogP contribution < -0.4 is 5.32 Å². The van der Waals surface area contributed by atoms with Crippen molar-refractivity contribution in [3.05, 3.63) is 23.5 Å². The zero-order chi connectivity index (χ0) is 13.1. The molecule has 2 aromatic rings. The largest absolute Gasteiger partial charge is 0.313 e. The van der Waals surface area contributed by atoms with Gasteiger partial charge in [-0.15, -0.1) is 11.3 Å². The van der Waals surface area contributed by atoms with Crippen molar-refractivity contribution in [3.63, 3.8) is 0 Å². The first-order valence-corrected chi connectivity index (χ1v) is 9.12. The van der Waals surface area contributed by atoms with Gasteiger partial charge in [-0.1, -0.05) is 6.92 Å². The summed E-state index contributed by atoms with van der Waals surface area (Å²) in [4.78, 5) is 5.84. The Hall–Kier alpha value is -0.520. The van der Waals surface area contributed by atoms with Gasteiger partial charge in [0.1, 0.15) is 0 Å². The van der Waals surface area contributed by atoms with Crippen molar-refractivity contribution < 1.29 is 0 Å². The van der Waals surface area contributed by atoms with Gasteiger partial charge in [0, 0.05) is 30.2 Å². The molecule has 19 heavy (non-hydrogen) atoms. The average Bonchev–Trinajstić information content (AvgIpc) is 3.09. The van der Waals surface area contributed by atoms with E-state index >= 15 is 0 Å². The Bertz CT molecular complexity index is 485. The van der Waals surface area contributed by atoms with Crippen molar-refractivity contribution >= 4 is 28.1 Å². The Labute approximate surface area is 122 Å². The summed E-state index contributed by atoms with van der Waals surface area (Å²) in [6, 6.07) is 0.597. The summed E-state index contributed by atoms with van der Waals surface area (Å²) in [5, 5.41) is 5.83. The predicted octanol–water partition coefficient (Wildman–Crippen LogP) is 3.06. The molecule has 1 aliphatic rings. The molecule has 3 heterocycles. The Morgan fingerprint density at radius 2 is 2.53 bits per heavy atom. The molecule has 0 saturated carbocycles. The highest BCUT2D eigenvalue weighted by atomic mass is 32.2. The van der Waals surface area contributed by atoms with E-state index in [1.807, 2.05) is 0 Å². The molecular weight excluding hydrogens is 274 g/mol. The number of fused-ring (bicyclic) bond motifs is 1.